The van der Waals surface area contributed by atoms with Gasteiger partial charge < -0.3 is 9.64 Å². The summed E-state index contributed by atoms with van der Waals surface area (Å²) < 4.78 is 7.46. The quantitative estimate of drug-likeness (QED) is 0.729. The van der Waals surface area contributed by atoms with Crippen molar-refractivity contribution in [1.82, 2.24) is 14.7 Å². The second-order valence-corrected chi connectivity index (χ2v) is 8.55. The third-order valence-electron chi connectivity index (χ3n) is 5.14. The summed E-state index contributed by atoms with van der Waals surface area (Å²) in [5.74, 6) is 0. The average Bonchev–Trinajstić information content (AvgIpc) is 3.10. The Bertz CT molecular complexity index is 848. The first-order chi connectivity index (χ1) is 13.2. The van der Waals surface area contributed by atoms with Gasteiger partial charge in [0.15, 0.2) is 6.29 Å². The molecular weight excluding hydrogens is 354 g/mol. The highest BCUT2D eigenvalue weighted by molar-refractivity contribution is 5.82. The monoisotopic (exact) mass is 383 g/mol. The fraction of sp³-hybridized carbons (Fsp3) is 0.500. The van der Waals surface area contributed by atoms with Crippen LogP contribution in [0.25, 0.3) is 11.1 Å². The smallest absolute Gasteiger partial charge is 0.410 e. The maximum absolute atomic E-state index is 12.2. The summed E-state index contributed by atoms with van der Waals surface area (Å²) in [6.07, 6.45) is 6.30. The first-order valence-corrected chi connectivity index (χ1v) is 9.77. The van der Waals surface area contributed by atoms with Crippen molar-refractivity contribution in [3.05, 3.63) is 41.2 Å². The van der Waals surface area contributed by atoms with Gasteiger partial charge in [0, 0.05) is 30.4 Å². The number of aryl methyl sites for hydroxylation is 2. The number of carbonyl (C=O) groups excluding carboxylic acids is 2. The van der Waals surface area contributed by atoms with Crippen LogP contribution in [0.4, 0.5) is 4.79 Å². The molecule has 0 aliphatic carbocycles. The molecule has 0 N–H and O–H groups in total. The van der Waals surface area contributed by atoms with Gasteiger partial charge in [0.1, 0.15) is 5.60 Å². The molecule has 6 nitrogen and oxygen atoms in total. The Morgan fingerprint density at radius 3 is 2.29 bits per heavy atom. The number of piperidine rings is 1. The molecule has 150 valence electrons. The molecule has 2 aromatic rings. The van der Waals surface area contributed by atoms with E-state index in [0.717, 1.165) is 46.9 Å². The van der Waals surface area contributed by atoms with Crippen molar-refractivity contribution in [3.63, 3.8) is 0 Å². The van der Waals surface area contributed by atoms with Gasteiger partial charge in [0.2, 0.25) is 0 Å². The predicted octanol–water partition coefficient (Wildman–Crippen LogP) is 4.55. The molecule has 0 unspecified atom stereocenters. The molecule has 6 heteroatoms. The Labute approximate surface area is 166 Å². The van der Waals surface area contributed by atoms with Crippen molar-refractivity contribution >= 4 is 12.4 Å². The van der Waals surface area contributed by atoms with Gasteiger partial charge in [-0.25, -0.2) is 4.79 Å². The number of carbonyl (C=O) groups is 2. The molecule has 1 amide bonds. The minimum absolute atomic E-state index is 0.242. The maximum Gasteiger partial charge on any atom is 0.410 e. The van der Waals surface area contributed by atoms with Crippen LogP contribution >= 0.6 is 0 Å². The van der Waals surface area contributed by atoms with Crippen molar-refractivity contribution in [2.24, 2.45) is 0 Å². The lowest BCUT2D eigenvalue weighted by molar-refractivity contribution is 0.0184. The lowest BCUT2D eigenvalue weighted by Crippen LogP contribution is -2.42. The highest BCUT2D eigenvalue weighted by Crippen LogP contribution is 2.28. The van der Waals surface area contributed by atoms with Crippen LogP contribution in [-0.4, -0.2) is 45.8 Å². The van der Waals surface area contributed by atoms with Crippen LogP contribution in [0.5, 0.6) is 0 Å². The molecule has 0 spiro atoms. The van der Waals surface area contributed by atoms with Gasteiger partial charge in [-0.2, -0.15) is 5.10 Å². The van der Waals surface area contributed by atoms with Gasteiger partial charge in [-0.1, -0.05) is 12.1 Å². The van der Waals surface area contributed by atoms with Gasteiger partial charge in [-0.15, -0.1) is 0 Å². The van der Waals surface area contributed by atoms with Crippen molar-refractivity contribution < 1.29 is 14.3 Å². The summed E-state index contributed by atoms with van der Waals surface area (Å²) in [7, 11) is 0. The van der Waals surface area contributed by atoms with Crippen LogP contribution in [0, 0.1) is 13.8 Å². The molecule has 1 aliphatic heterocycles. The third-order valence-corrected chi connectivity index (χ3v) is 5.14. The number of aromatic nitrogens is 2. The predicted molar refractivity (Wildman–Crippen MR) is 109 cm³/mol. The van der Waals surface area contributed by atoms with Crippen molar-refractivity contribution in [2.45, 2.75) is 59.1 Å². The molecule has 1 fully saturated rings. The second-order valence-electron chi connectivity index (χ2n) is 8.55. The molecule has 1 saturated heterocycles. The zero-order valence-corrected chi connectivity index (χ0v) is 17.4. The lowest BCUT2D eigenvalue weighted by atomic mass is 9.98. The molecule has 28 heavy (non-hydrogen) atoms. The standard InChI is InChI=1S/C22H29N3O3/c1-15-10-17(11-16(2)20(15)14-26)18-12-23-25(13-18)19-6-8-24(9-7-19)21(27)28-22(3,4)5/h10-14,19H,6-9H2,1-5H3. The number of ether oxygens (including phenoxy) is 1. The van der Waals surface area contributed by atoms with Crippen molar-refractivity contribution in [2.75, 3.05) is 13.1 Å². The van der Waals surface area contributed by atoms with E-state index >= 15 is 0 Å². The maximum atomic E-state index is 12.2. The van der Waals surface area contributed by atoms with E-state index < -0.39 is 5.60 Å². The van der Waals surface area contributed by atoms with Crippen molar-refractivity contribution in [3.8, 4) is 11.1 Å². The van der Waals surface area contributed by atoms with Gasteiger partial charge in [0.05, 0.1) is 12.2 Å². The first-order valence-electron chi connectivity index (χ1n) is 9.77. The Kier molecular flexibility index (Phi) is 5.59. The fourth-order valence-corrected chi connectivity index (χ4v) is 3.65. The van der Waals surface area contributed by atoms with Crippen LogP contribution in [0.15, 0.2) is 24.5 Å². The molecule has 3 rings (SSSR count). The Balaban J connectivity index is 1.67. The first kappa shape index (κ1) is 20.1. The zero-order valence-electron chi connectivity index (χ0n) is 17.4. The Hall–Kier alpha value is -2.63. The number of benzene rings is 1. The lowest BCUT2D eigenvalue weighted by Gasteiger charge is -2.33. The largest absolute Gasteiger partial charge is 0.444 e. The van der Waals surface area contributed by atoms with Gasteiger partial charge >= 0.3 is 6.09 Å². The topological polar surface area (TPSA) is 64.4 Å². The van der Waals surface area contributed by atoms with E-state index in [0.29, 0.717) is 13.1 Å². The number of amides is 1. The number of aldehydes is 1. The summed E-state index contributed by atoms with van der Waals surface area (Å²) >= 11 is 0. The highest BCUT2D eigenvalue weighted by Gasteiger charge is 2.27. The number of likely N-dealkylation sites (tertiary alicyclic amines) is 1. The minimum atomic E-state index is -0.472. The summed E-state index contributed by atoms with van der Waals surface area (Å²) in [6, 6.07) is 4.33. The summed E-state index contributed by atoms with van der Waals surface area (Å²) in [5.41, 5.74) is 4.34. The SMILES string of the molecule is Cc1cc(-c2cnn(C3CCN(C(=O)OC(C)(C)C)CC3)c2)cc(C)c1C=O. The number of nitrogens with zero attached hydrogens (tertiary/aromatic N) is 3. The second kappa shape index (κ2) is 7.78. The van der Waals surface area contributed by atoms with E-state index in [1.54, 1.807) is 4.90 Å². The summed E-state index contributed by atoms with van der Waals surface area (Å²) in [6.45, 7) is 10.9. The molecule has 2 heterocycles. The Morgan fingerprint density at radius 1 is 1.14 bits per heavy atom. The molecular formula is C22H29N3O3. The van der Waals surface area contributed by atoms with Crippen LogP contribution in [0.1, 0.15) is 61.1 Å². The van der Waals surface area contributed by atoms with E-state index in [4.69, 9.17) is 4.74 Å². The highest BCUT2D eigenvalue weighted by atomic mass is 16.6. The minimum Gasteiger partial charge on any atom is -0.444 e. The molecule has 0 radical (unpaired) electrons. The molecule has 0 bridgehead atoms. The van der Waals surface area contributed by atoms with Gasteiger partial charge in [0.25, 0.3) is 0 Å². The van der Waals surface area contributed by atoms with E-state index in [1.165, 1.54) is 0 Å². The summed E-state index contributed by atoms with van der Waals surface area (Å²) in [4.78, 5) is 25.2. The van der Waals surface area contributed by atoms with Crippen LogP contribution < -0.4 is 0 Å². The molecule has 1 aliphatic rings. The van der Waals surface area contributed by atoms with Crippen LogP contribution in [0.2, 0.25) is 0 Å². The van der Waals surface area contributed by atoms with E-state index in [1.807, 2.05) is 57.6 Å². The van der Waals surface area contributed by atoms with Crippen LogP contribution in [0.3, 0.4) is 0 Å². The molecule has 0 atom stereocenters. The average molecular weight is 383 g/mol. The Morgan fingerprint density at radius 2 is 1.75 bits per heavy atom. The van der Waals surface area contributed by atoms with Gasteiger partial charge in [-0.3, -0.25) is 9.48 Å². The van der Waals surface area contributed by atoms with Crippen LogP contribution in [-0.2, 0) is 4.74 Å². The third kappa shape index (κ3) is 4.43. The number of rotatable bonds is 3. The zero-order chi connectivity index (χ0) is 20.5. The van der Waals surface area contributed by atoms with E-state index in [2.05, 4.69) is 11.3 Å². The number of hydrogen-bond acceptors (Lipinski definition) is 4. The molecule has 1 aromatic carbocycles. The van der Waals surface area contributed by atoms with Gasteiger partial charge in [-0.05, 0) is 64.2 Å². The number of hydrogen-bond donors (Lipinski definition) is 0. The summed E-state index contributed by atoms with van der Waals surface area (Å²) in [5, 5.41) is 4.56. The fourth-order valence-electron chi connectivity index (χ4n) is 3.65. The normalized spacial score (nSPS) is 15.5. The van der Waals surface area contributed by atoms with E-state index in [-0.39, 0.29) is 12.1 Å². The van der Waals surface area contributed by atoms with E-state index in [9.17, 15) is 9.59 Å². The molecule has 0 saturated carbocycles. The van der Waals surface area contributed by atoms with Crippen molar-refractivity contribution in [1.29, 1.82) is 0 Å². The molecule has 1 aromatic heterocycles.